The van der Waals surface area contributed by atoms with E-state index in [9.17, 15) is 0 Å². The molecule has 1 heteroatoms. The van der Waals surface area contributed by atoms with E-state index in [1.165, 1.54) is 70.6 Å². The highest BCUT2D eigenvalue weighted by atomic mass is 16.3. The van der Waals surface area contributed by atoms with Crippen molar-refractivity contribution in [1.82, 2.24) is 0 Å². The van der Waals surface area contributed by atoms with Crippen LogP contribution < -0.4 is 0 Å². The Morgan fingerprint density at radius 2 is 0.974 bits per heavy atom. The molecule has 0 aliphatic rings. The van der Waals surface area contributed by atoms with Crippen molar-refractivity contribution in [2.75, 3.05) is 0 Å². The third kappa shape index (κ3) is 2.79. The van der Waals surface area contributed by atoms with Crippen molar-refractivity contribution in [2.24, 2.45) is 0 Å². The molecular formula is C38H22O. The van der Waals surface area contributed by atoms with E-state index in [0.717, 1.165) is 16.7 Å². The summed E-state index contributed by atoms with van der Waals surface area (Å²) in [7, 11) is 0. The Morgan fingerprint density at radius 3 is 1.69 bits per heavy atom. The van der Waals surface area contributed by atoms with E-state index in [2.05, 4.69) is 133 Å². The maximum Gasteiger partial charge on any atom is 0.143 e. The van der Waals surface area contributed by atoms with Gasteiger partial charge in [-0.2, -0.15) is 0 Å². The van der Waals surface area contributed by atoms with Gasteiger partial charge in [-0.05, 0) is 66.3 Å². The fourth-order valence-corrected chi connectivity index (χ4v) is 6.78. The average Bonchev–Trinajstić information content (AvgIpc) is 3.39. The van der Waals surface area contributed by atoms with Crippen LogP contribution in [0.1, 0.15) is 0 Å². The van der Waals surface area contributed by atoms with Crippen LogP contribution in [0.5, 0.6) is 0 Å². The molecular weight excluding hydrogens is 472 g/mol. The molecule has 0 fully saturated rings. The Kier molecular flexibility index (Phi) is 4.11. The first-order valence-electron chi connectivity index (χ1n) is 13.4. The van der Waals surface area contributed by atoms with Gasteiger partial charge < -0.3 is 4.42 Å². The summed E-state index contributed by atoms with van der Waals surface area (Å²) < 4.78 is 6.82. The van der Waals surface area contributed by atoms with E-state index in [4.69, 9.17) is 4.42 Å². The van der Waals surface area contributed by atoms with Gasteiger partial charge in [-0.1, -0.05) is 121 Å². The third-order valence-corrected chi connectivity index (χ3v) is 8.40. The molecule has 180 valence electrons. The minimum atomic E-state index is 0.950. The highest BCUT2D eigenvalue weighted by Gasteiger charge is 2.22. The van der Waals surface area contributed by atoms with E-state index in [-0.39, 0.29) is 0 Å². The van der Waals surface area contributed by atoms with Gasteiger partial charge in [0.15, 0.2) is 0 Å². The zero-order valence-corrected chi connectivity index (χ0v) is 21.1. The van der Waals surface area contributed by atoms with Crippen molar-refractivity contribution in [1.29, 1.82) is 0 Å². The van der Waals surface area contributed by atoms with Gasteiger partial charge in [-0.25, -0.2) is 0 Å². The number of furan rings is 1. The van der Waals surface area contributed by atoms with Crippen LogP contribution in [0.4, 0.5) is 0 Å². The summed E-state index contributed by atoms with van der Waals surface area (Å²) in [5.74, 6) is 0. The largest absolute Gasteiger partial charge is 0.455 e. The molecule has 9 aromatic rings. The molecule has 1 aromatic heterocycles. The Hall–Kier alpha value is -5.14. The Bertz CT molecular complexity index is 2320. The second-order valence-electron chi connectivity index (χ2n) is 10.4. The second kappa shape index (κ2) is 7.69. The van der Waals surface area contributed by atoms with Gasteiger partial charge in [0.05, 0.1) is 0 Å². The van der Waals surface area contributed by atoms with Crippen molar-refractivity contribution >= 4 is 65.0 Å². The van der Waals surface area contributed by atoms with Crippen molar-refractivity contribution in [3.8, 4) is 22.3 Å². The molecule has 1 nitrogen and oxygen atoms in total. The smallest absolute Gasteiger partial charge is 0.143 e. The first kappa shape index (κ1) is 20.9. The van der Waals surface area contributed by atoms with Crippen LogP contribution in [0.25, 0.3) is 87.3 Å². The lowest BCUT2D eigenvalue weighted by Gasteiger charge is -2.18. The van der Waals surface area contributed by atoms with Crippen LogP contribution in [0, 0.1) is 0 Å². The van der Waals surface area contributed by atoms with E-state index >= 15 is 0 Å². The monoisotopic (exact) mass is 494 g/mol. The highest BCUT2D eigenvalue weighted by Crippen LogP contribution is 2.48. The number of rotatable bonds is 2. The molecule has 0 N–H and O–H groups in total. The second-order valence-corrected chi connectivity index (χ2v) is 10.4. The highest BCUT2D eigenvalue weighted by molar-refractivity contribution is 6.31. The number of benzene rings is 8. The molecule has 0 amide bonds. The molecule has 0 aliphatic heterocycles. The standard InChI is InChI=1S/C38H22O/c1-2-10-23(11-3-1)34-27-14-6-8-16-29(27)36(30-17-9-7-15-28(30)34)32-21-19-24-18-20-31-26-13-5-4-12-25(26)22-33-37(31)35(24)38(32)39-33/h1-22H. The van der Waals surface area contributed by atoms with Crippen molar-refractivity contribution in [3.63, 3.8) is 0 Å². The normalized spacial score (nSPS) is 12.1. The average molecular weight is 495 g/mol. The SMILES string of the molecule is c1ccc(-c2c3ccccc3c(-c3ccc4ccc5c6ccccc6cc6oc3c4c65)c3ccccc23)cc1. The summed E-state index contributed by atoms with van der Waals surface area (Å²) in [6.45, 7) is 0. The molecule has 0 saturated carbocycles. The molecule has 0 atom stereocenters. The summed E-state index contributed by atoms with van der Waals surface area (Å²) in [5.41, 5.74) is 6.80. The van der Waals surface area contributed by atoms with Gasteiger partial charge in [-0.3, -0.25) is 0 Å². The lowest BCUT2D eigenvalue weighted by atomic mass is 9.85. The topological polar surface area (TPSA) is 13.1 Å². The first-order chi connectivity index (χ1) is 19.4. The Labute approximate surface area is 224 Å². The summed E-state index contributed by atoms with van der Waals surface area (Å²) >= 11 is 0. The predicted octanol–water partition coefficient (Wildman–Crippen LogP) is 11.0. The van der Waals surface area contributed by atoms with E-state index < -0.39 is 0 Å². The van der Waals surface area contributed by atoms with Crippen LogP contribution in [0.2, 0.25) is 0 Å². The van der Waals surface area contributed by atoms with Crippen molar-refractivity contribution < 1.29 is 4.42 Å². The maximum atomic E-state index is 6.82. The molecule has 9 rings (SSSR count). The first-order valence-corrected chi connectivity index (χ1v) is 13.4. The zero-order chi connectivity index (χ0) is 25.5. The summed E-state index contributed by atoms with van der Waals surface area (Å²) in [5, 5.41) is 12.4. The van der Waals surface area contributed by atoms with Crippen LogP contribution in [0.15, 0.2) is 138 Å². The van der Waals surface area contributed by atoms with Gasteiger partial charge in [0.1, 0.15) is 11.2 Å². The molecule has 8 aromatic carbocycles. The summed E-state index contributed by atoms with van der Waals surface area (Å²) in [6.07, 6.45) is 0. The van der Waals surface area contributed by atoms with Gasteiger partial charge in [0.25, 0.3) is 0 Å². The number of hydrogen-bond acceptors (Lipinski definition) is 1. The fraction of sp³-hybridized carbons (Fsp3) is 0. The lowest BCUT2D eigenvalue weighted by molar-refractivity contribution is 0.671. The van der Waals surface area contributed by atoms with Gasteiger partial charge >= 0.3 is 0 Å². The number of fused-ring (bicyclic) bond motifs is 4. The van der Waals surface area contributed by atoms with Gasteiger partial charge in [-0.15, -0.1) is 0 Å². The van der Waals surface area contributed by atoms with Crippen LogP contribution in [0.3, 0.4) is 0 Å². The molecule has 0 unspecified atom stereocenters. The lowest BCUT2D eigenvalue weighted by Crippen LogP contribution is -1.91. The maximum absolute atomic E-state index is 6.82. The summed E-state index contributed by atoms with van der Waals surface area (Å²) in [4.78, 5) is 0. The zero-order valence-electron chi connectivity index (χ0n) is 21.1. The molecule has 0 radical (unpaired) electrons. The van der Waals surface area contributed by atoms with Crippen LogP contribution in [-0.4, -0.2) is 0 Å². The van der Waals surface area contributed by atoms with Gasteiger partial charge in [0.2, 0.25) is 0 Å². The van der Waals surface area contributed by atoms with Crippen molar-refractivity contribution in [2.45, 2.75) is 0 Å². The third-order valence-electron chi connectivity index (χ3n) is 8.40. The van der Waals surface area contributed by atoms with Crippen LogP contribution in [-0.2, 0) is 0 Å². The fourth-order valence-electron chi connectivity index (χ4n) is 6.78. The minimum absolute atomic E-state index is 0.950. The van der Waals surface area contributed by atoms with E-state index in [0.29, 0.717) is 0 Å². The number of hydrogen-bond donors (Lipinski definition) is 0. The predicted molar refractivity (Wildman–Crippen MR) is 166 cm³/mol. The molecule has 1 heterocycles. The van der Waals surface area contributed by atoms with Crippen LogP contribution >= 0.6 is 0 Å². The van der Waals surface area contributed by atoms with Crippen molar-refractivity contribution in [3.05, 3.63) is 133 Å². The molecule has 0 bridgehead atoms. The van der Waals surface area contributed by atoms with E-state index in [1.807, 2.05) is 0 Å². The molecule has 0 aliphatic carbocycles. The molecule has 0 saturated heterocycles. The molecule has 0 spiro atoms. The Balaban J connectivity index is 1.48. The summed E-state index contributed by atoms with van der Waals surface area (Å²) in [6, 6.07) is 48.2. The van der Waals surface area contributed by atoms with E-state index in [1.54, 1.807) is 0 Å². The quantitative estimate of drug-likeness (QED) is 0.172. The van der Waals surface area contributed by atoms with Gasteiger partial charge in [0, 0.05) is 21.9 Å². The minimum Gasteiger partial charge on any atom is -0.455 e. The molecule has 39 heavy (non-hydrogen) atoms. The Morgan fingerprint density at radius 1 is 0.385 bits per heavy atom.